The van der Waals surface area contributed by atoms with E-state index in [1.165, 1.54) is 45.3 Å². The van der Waals surface area contributed by atoms with Crippen molar-refractivity contribution in [3.05, 3.63) is 0 Å². The molecule has 2 heterocycles. The van der Waals surface area contributed by atoms with E-state index in [1.54, 1.807) is 0 Å². The molecule has 114 valence electrons. The van der Waals surface area contributed by atoms with Crippen LogP contribution in [0.25, 0.3) is 0 Å². The maximum absolute atomic E-state index is 10.6. The highest BCUT2D eigenvalue weighted by molar-refractivity contribution is 5.64. The van der Waals surface area contributed by atoms with Crippen molar-refractivity contribution < 1.29 is 9.90 Å². The fraction of sp³-hybridized carbons (Fsp3) is 0.933. The second-order valence-corrected chi connectivity index (χ2v) is 6.73. The lowest BCUT2D eigenvalue weighted by molar-refractivity contribution is 0.0815. The van der Waals surface area contributed by atoms with Crippen molar-refractivity contribution in [2.75, 3.05) is 32.7 Å². The maximum Gasteiger partial charge on any atom is 0.404 e. The van der Waals surface area contributed by atoms with Crippen molar-refractivity contribution in [3.63, 3.8) is 0 Å². The summed E-state index contributed by atoms with van der Waals surface area (Å²) in [6, 6.07) is 0.898. The van der Waals surface area contributed by atoms with Gasteiger partial charge in [-0.15, -0.1) is 0 Å². The monoisotopic (exact) mass is 281 g/mol. The second-order valence-electron chi connectivity index (χ2n) is 6.73. The van der Waals surface area contributed by atoms with E-state index in [-0.39, 0.29) is 6.04 Å². The Balaban J connectivity index is 1.37. The first-order chi connectivity index (χ1) is 9.70. The van der Waals surface area contributed by atoms with Crippen LogP contribution in [-0.2, 0) is 0 Å². The lowest BCUT2D eigenvalue weighted by Gasteiger charge is -2.41. The van der Waals surface area contributed by atoms with Crippen LogP contribution in [0, 0.1) is 5.92 Å². The van der Waals surface area contributed by atoms with Crippen molar-refractivity contribution in [2.24, 2.45) is 5.92 Å². The van der Waals surface area contributed by atoms with Gasteiger partial charge in [0.05, 0.1) is 0 Å². The standard InChI is InChI=1S/C15H27N3O2/c19-15(20)16-13-3-9-18(10-4-13)14-5-7-17(8-6-14)11-12-1-2-12/h12-14,16H,1-11H2,(H,19,20). The molecule has 0 atom stereocenters. The lowest BCUT2D eigenvalue weighted by Crippen LogP contribution is -2.51. The maximum atomic E-state index is 10.6. The first kappa shape index (κ1) is 14.1. The predicted octanol–water partition coefficient (Wildman–Crippen LogP) is 1.59. The van der Waals surface area contributed by atoms with E-state index in [2.05, 4.69) is 15.1 Å². The quantitative estimate of drug-likeness (QED) is 0.822. The van der Waals surface area contributed by atoms with Gasteiger partial charge in [-0.05, 0) is 57.5 Å². The molecule has 3 fully saturated rings. The average Bonchev–Trinajstić information content (AvgIpc) is 3.24. The Morgan fingerprint density at radius 2 is 1.65 bits per heavy atom. The highest BCUT2D eigenvalue weighted by Crippen LogP contribution is 2.31. The Kier molecular flexibility index (Phi) is 4.46. The molecule has 0 aromatic rings. The Morgan fingerprint density at radius 1 is 1.00 bits per heavy atom. The van der Waals surface area contributed by atoms with Gasteiger partial charge in [0.1, 0.15) is 0 Å². The van der Waals surface area contributed by atoms with Crippen LogP contribution in [0.5, 0.6) is 0 Å². The van der Waals surface area contributed by atoms with Crippen LogP contribution < -0.4 is 5.32 Å². The van der Waals surface area contributed by atoms with Gasteiger partial charge >= 0.3 is 6.09 Å². The summed E-state index contributed by atoms with van der Waals surface area (Å²) in [5, 5.41) is 11.4. The van der Waals surface area contributed by atoms with Gasteiger partial charge in [-0.1, -0.05) is 0 Å². The highest BCUT2D eigenvalue weighted by atomic mass is 16.4. The van der Waals surface area contributed by atoms with Crippen molar-refractivity contribution >= 4 is 6.09 Å². The molecule has 2 saturated heterocycles. The van der Waals surface area contributed by atoms with Crippen molar-refractivity contribution in [3.8, 4) is 0 Å². The van der Waals surface area contributed by atoms with Crippen LogP contribution in [0.2, 0.25) is 0 Å². The minimum Gasteiger partial charge on any atom is -0.465 e. The van der Waals surface area contributed by atoms with E-state index >= 15 is 0 Å². The first-order valence-electron chi connectivity index (χ1n) is 8.16. The van der Waals surface area contributed by atoms with Crippen LogP contribution in [0.15, 0.2) is 0 Å². The number of nitrogens with zero attached hydrogens (tertiary/aromatic N) is 2. The second kappa shape index (κ2) is 6.31. The summed E-state index contributed by atoms with van der Waals surface area (Å²) in [7, 11) is 0. The molecule has 1 amide bonds. The van der Waals surface area contributed by atoms with Crippen LogP contribution >= 0.6 is 0 Å². The summed E-state index contributed by atoms with van der Waals surface area (Å²) in [5.74, 6) is 1.00. The largest absolute Gasteiger partial charge is 0.465 e. The third kappa shape index (κ3) is 3.85. The summed E-state index contributed by atoms with van der Waals surface area (Å²) in [6.45, 7) is 5.96. The van der Waals surface area contributed by atoms with Crippen LogP contribution in [0.3, 0.4) is 0 Å². The van der Waals surface area contributed by atoms with Crippen LogP contribution in [0.4, 0.5) is 4.79 Å². The molecule has 0 bridgehead atoms. The summed E-state index contributed by atoms with van der Waals surface area (Å²) in [5.41, 5.74) is 0. The number of carbonyl (C=O) groups is 1. The summed E-state index contributed by atoms with van der Waals surface area (Å²) in [6.07, 6.45) is 6.54. The SMILES string of the molecule is O=C(O)NC1CCN(C2CCN(CC3CC3)CC2)CC1. The molecular formula is C15H27N3O2. The van der Waals surface area contributed by atoms with Gasteiger partial charge in [-0.3, -0.25) is 0 Å². The molecule has 3 rings (SSSR count). The minimum atomic E-state index is -0.878. The van der Waals surface area contributed by atoms with Gasteiger partial charge in [0.2, 0.25) is 0 Å². The van der Waals surface area contributed by atoms with Gasteiger partial charge in [-0.25, -0.2) is 4.79 Å². The van der Waals surface area contributed by atoms with E-state index in [4.69, 9.17) is 5.11 Å². The van der Waals surface area contributed by atoms with Crippen LogP contribution in [0.1, 0.15) is 38.5 Å². The Morgan fingerprint density at radius 3 is 2.20 bits per heavy atom. The normalized spacial score (nSPS) is 27.6. The zero-order valence-corrected chi connectivity index (χ0v) is 12.3. The lowest BCUT2D eigenvalue weighted by atomic mass is 9.98. The summed E-state index contributed by atoms with van der Waals surface area (Å²) < 4.78 is 0. The van der Waals surface area contributed by atoms with Gasteiger partial charge in [0, 0.05) is 31.7 Å². The number of hydrogen-bond acceptors (Lipinski definition) is 3. The third-order valence-electron chi connectivity index (χ3n) is 5.14. The molecule has 0 unspecified atom stereocenters. The molecule has 20 heavy (non-hydrogen) atoms. The molecule has 2 N–H and O–H groups in total. The van der Waals surface area contributed by atoms with Crippen molar-refractivity contribution in [1.82, 2.24) is 15.1 Å². The van der Waals surface area contributed by atoms with E-state index in [1.807, 2.05) is 0 Å². The zero-order chi connectivity index (χ0) is 13.9. The van der Waals surface area contributed by atoms with Crippen molar-refractivity contribution in [2.45, 2.75) is 50.6 Å². The van der Waals surface area contributed by atoms with Gasteiger partial charge in [0.25, 0.3) is 0 Å². The summed E-state index contributed by atoms with van der Waals surface area (Å²) >= 11 is 0. The fourth-order valence-corrected chi connectivity index (χ4v) is 3.72. The molecule has 2 aliphatic heterocycles. The summed E-state index contributed by atoms with van der Waals surface area (Å²) in [4.78, 5) is 15.9. The molecule has 5 nitrogen and oxygen atoms in total. The number of amides is 1. The number of carboxylic acid groups (broad SMARTS) is 1. The first-order valence-corrected chi connectivity index (χ1v) is 8.16. The zero-order valence-electron chi connectivity index (χ0n) is 12.3. The molecule has 0 radical (unpaired) electrons. The molecule has 1 saturated carbocycles. The average molecular weight is 281 g/mol. The topological polar surface area (TPSA) is 55.8 Å². The molecule has 0 aromatic carbocycles. The number of nitrogens with one attached hydrogen (secondary N) is 1. The van der Waals surface area contributed by atoms with E-state index in [0.717, 1.165) is 37.9 Å². The third-order valence-corrected chi connectivity index (χ3v) is 5.14. The minimum absolute atomic E-state index is 0.165. The smallest absolute Gasteiger partial charge is 0.404 e. The highest BCUT2D eigenvalue weighted by Gasteiger charge is 2.30. The Labute approximate surface area is 121 Å². The van der Waals surface area contributed by atoms with Gasteiger partial charge in [-0.2, -0.15) is 0 Å². The Hall–Kier alpha value is -0.810. The number of rotatable bonds is 4. The molecule has 0 aromatic heterocycles. The van der Waals surface area contributed by atoms with E-state index < -0.39 is 6.09 Å². The number of piperidine rings is 2. The molecule has 1 aliphatic carbocycles. The molecular weight excluding hydrogens is 254 g/mol. The van der Waals surface area contributed by atoms with Crippen LogP contribution in [-0.4, -0.2) is 65.8 Å². The number of hydrogen-bond donors (Lipinski definition) is 2. The number of likely N-dealkylation sites (tertiary alicyclic amines) is 2. The Bertz CT molecular complexity index is 330. The fourth-order valence-electron chi connectivity index (χ4n) is 3.72. The molecule has 5 heteroatoms. The molecule has 3 aliphatic rings. The van der Waals surface area contributed by atoms with E-state index in [0.29, 0.717) is 0 Å². The van der Waals surface area contributed by atoms with Crippen molar-refractivity contribution in [1.29, 1.82) is 0 Å². The predicted molar refractivity (Wildman–Crippen MR) is 77.9 cm³/mol. The molecule has 0 spiro atoms. The van der Waals surface area contributed by atoms with Gasteiger partial charge in [0.15, 0.2) is 0 Å². The van der Waals surface area contributed by atoms with E-state index in [9.17, 15) is 4.79 Å². The van der Waals surface area contributed by atoms with Gasteiger partial charge < -0.3 is 20.2 Å².